The molecule has 0 radical (unpaired) electrons. The molecule has 9 aromatic carbocycles. The van der Waals surface area contributed by atoms with Gasteiger partial charge in [-0.05, 0) is 85.9 Å². The van der Waals surface area contributed by atoms with Crippen LogP contribution in [0.3, 0.4) is 0 Å². The van der Waals surface area contributed by atoms with Crippen molar-refractivity contribution in [2.75, 3.05) is 0 Å². The molecule has 5 heteroatoms. The van der Waals surface area contributed by atoms with E-state index in [9.17, 15) is 0 Å². The lowest BCUT2D eigenvalue weighted by Gasteiger charge is -2.14. The van der Waals surface area contributed by atoms with Crippen LogP contribution in [0.2, 0.25) is 0 Å². The second kappa shape index (κ2) is 12.4. The topological polar surface area (TPSA) is 38.7 Å². The number of hydrogen-bond donors (Lipinski definition) is 0. The molecule has 0 aliphatic carbocycles. The van der Waals surface area contributed by atoms with Crippen LogP contribution in [0.5, 0.6) is 0 Å². The molecule has 0 atom stereocenters. The van der Waals surface area contributed by atoms with E-state index < -0.39 is 0 Å². The predicted octanol–water partition coefficient (Wildman–Crippen LogP) is 14.7. The zero-order chi connectivity index (χ0) is 36.7. The number of aromatic nitrogens is 3. The third-order valence-corrected chi connectivity index (χ3v) is 13.4. The highest BCUT2D eigenvalue weighted by Crippen LogP contribution is 2.42. The monoisotopic (exact) mass is 747 g/mol. The van der Waals surface area contributed by atoms with Gasteiger partial charge in [-0.1, -0.05) is 133 Å². The Bertz CT molecular complexity index is 3550. The summed E-state index contributed by atoms with van der Waals surface area (Å²) in [6, 6.07) is 63.3. The highest BCUT2D eigenvalue weighted by Gasteiger charge is 2.18. The van der Waals surface area contributed by atoms with Crippen molar-refractivity contribution in [3.63, 3.8) is 0 Å². The molecule has 3 aromatic heterocycles. The quantitative estimate of drug-likeness (QED) is 0.168. The third-order valence-electron chi connectivity index (χ3n) is 11.1. The lowest BCUT2D eigenvalue weighted by atomic mass is 9.91. The Morgan fingerprint density at radius 2 is 0.750 bits per heavy atom. The second-order valence-corrected chi connectivity index (χ2v) is 16.5. The van der Waals surface area contributed by atoms with Gasteiger partial charge in [0.25, 0.3) is 0 Å². The van der Waals surface area contributed by atoms with Crippen LogP contribution < -0.4 is 0 Å². The number of nitrogens with zero attached hydrogens (tertiary/aromatic N) is 3. The summed E-state index contributed by atoms with van der Waals surface area (Å²) in [6.45, 7) is 0. The molecule has 0 fully saturated rings. The Labute approximate surface area is 329 Å². The van der Waals surface area contributed by atoms with Gasteiger partial charge in [-0.2, -0.15) is 0 Å². The average molecular weight is 748 g/mol. The standard InChI is InChI=1S/C51H29N3S2/c1-2-11-30(12-3-1)49-52-50(54-51(53-49)40-17-10-20-47-48(40)39-16-7-9-19-45(39)56-47)33-22-25-36-34-13-4-5-14-35(34)41-27-31(21-24-37(41)42(36)29-33)32-23-26-46-43(28-32)38-15-6-8-18-44(38)55-46/h1-29H. The fourth-order valence-electron chi connectivity index (χ4n) is 8.48. The van der Waals surface area contributed by atoms with E-state index in [-0.39, 0.29) is 0 Å². The Morgan fingerprint density at radius 3 is 1.54 bits per heavy atom. The van der Waals surface area contributed by atoms with Crippen LogP contribution in [0.25, 0.3) is 118 Å². The molecule has 0 spiro atoms. The maximum Gasteiger partial charge on any atom is 0.164 e. The van der Waals surface area contributed by atoms with Gasteiger partial charge in [-0.25, -0.2) is 15.0 Å². The molecule has 0 unspecified atom stereocenters. The number of benzene rings is 9. The number of rotatable bonds is 4. The van der Waals surface area contributed by atoms with Gasteiger partial charge in [0.15, 0.2) is 17.5 Å². The molecule has 0 N–H and O–H groups in total. The van der Waals surface area contributed by atoms with E-state index in [0.717, 1.165) is 16.7 Å². The molecule has 0 saturated heterocycles. The average Bonchev–Trinajstić information content (AvgIpc) is 3.84. The van der Waals surface area contributed by atoms with Gasteiger partial charge in [0, 0.05) is 57.0 Å². The third kappa shape index (κ3) is 4.92. The molecule has 12 aromatic rings. The van der Waals surface area contributed by atoms with Crippen LogP contribution in [0.4, 0.5) is 0 Å². The first kappa shape index (κ1) is 31.5. The summed E-state index contributed by atoms with van der Waals surface area (Å²) >= 11 is 3.66. The Kier molecular flexibility index (Phi) is 6.97. The minimum Gasteiger partial charge on any atom is -0.208 e. The van der Waals surface area contributed by atoms with Crippen molar-refractivity contribution in [2.24, 2.45) is 0 Å². The zero-order valence-electron chi connectivity index (χ0n) is 29.9. The molecule has 0 aliphatic rings. The maximum absolute atomic E-state index is 5.26. The highest BCUT2D eigenvalue weighted by atomic mass is 32.1. The zero-order valence-corrected chi connectivity index (χ0v) is 31.5. The Hall–Kier alpha value is -6.79. The number of fused-ring (bicyclic) bond motifs is 12. The molecule has 3 heterocycles. The summed E-state index contributed by atoms with van der Waals surface area (Å²) in [5.41, 5.74) is 5.36. The lowest BCUT2D eigenvalue weighted by Crippen LogP contribution is -2.00. The van der Waals surface area contributed by atoms with Gasteiger partial charge < -0.3 is 0 Å². The molecule has 12 rings (SSSR count). The van der Waals surface area contributed by atoms with Crippen molar-refractivity contribution in [1.29, 1.82) is 0 Å². The normalized spacial score (nSPS) is 11.9. The van der Waals surface area contributed by atoms with Crippen LogP contribution in [0.1, 0.15) is 0 Å². The van der Waals surface area contributed by atoms with E-state index in [1.165, 1.54) is 83.8 Å². The van der Waals surface area contributed by atoms with E-state index in [4.69, 9.17) is 15.0 Å². The number of thiophene rings is 2. The molecule has 0 aliphatic heterocycles. The maximum atomic E-state index is 5.26. The molecular weight excluding hydrogens is 719 g/mol. The minimum atomic E-state index is 0.654. The molecule has 0 bridgehead atoms. The summed E-state index contributed by atoms with van der Waals surface area (Å²) in [7, 11) is 0. The fourth-order valence-corrected chi connectivity index (χ4v) is 10.7. The highest BCUT2D eigenvalue weighted by molar-refractivity contribution is 7.26. The van der Waals surface area contributed by atoms with Crippen molar-refractivity contribution in [1.82, 2.24) is 15.0 Å². The molecule has 3 nitrogen and oxygen atoms in total. The van der Waals surface area contributed by atoms with E-state index >= 15 is 0 Å². The van der Waals surface area contributed by atoms with Gasteiger partial charge in [-0.3, -0.25) is 0 Å². The van der Waals surface area contributed by atoms with E-state index in [1.807, 2.05) is 29.5 Å². The fraction of sp³-hybridized carbons (Fsp3) is 0. The summed E-state index contributed by atoms with van der Waals surface area (Å²) in [5.74, 6) is 1.98. The summed E-state index contributed by atoms with van der Waals surface area (Å²) in [6.07, 6.45) is 0. The van der Waals surface area contributed by atoms with Gasteiger partial charge >= 0.3 is 0 Å². The molecular formula is C51H29N3S2. The van der Waals surface area contributed by atoms with Gasteiger partial charge in [0.1, 0.15) is 0 Å². The van der Waals surface area contributed by atoms with Crippen molar-refractivity contribution in [3.8, 4) is 45.3 Å². The first-order valence-electron chi connectivity index (χ1n) is 18.8. The van der Waals surface area contributed by atoms with Gasteiger partial charge in [0.05, 0.1) is 0 Å². The molecule has 0 saturated carbocycles. The van der Waals surface area contributed by atoms with Crippen molar-refractivity contribution in [3.05, 3.63) is 176 Å². The smallest absolute Gasteiger partial charge is 0.164 e. The molecule has 260 valence electrons. The first-order chi connectivity index (χ1) is 27.7. The SMILES string of the molecule is c1ccc(-c2nc(-c3ccc4c5ccccc5c5cc(-c6ccc7sc8ccccc8c7c6)ccc5c4c3)nc(-c3cccc4sc5ccccc5c34)n2)cc1. The lowest BCUT2D eigenvalue weighted by molar-refractivity contribution is 1.08. The van der Waals surface area contributed by atoms with Crippen LogP contribution in [0, 0.1) is 0 Å². The Morgan fingerprint density at radius 1 is 0.268 bits per heavy atom. The summed E-state index contributed by atoms with van der Waals surface area (Å²) < 4.78 is 5.12. The first-order valence-corrected chi connectivity index (χ1v) is 20.4. The van der Waals surface area contributed by atoms with E-state index in [2.05, 4.69) is 158 Å². The van der Waals surface area contributed by atoms with Crippen molar-refractivity contribution in [2.45, 2.75) is 0 Å². The van der Waals surface area contributed by atoms with Crippen LogP contribution >= 0.6 is 22.7 Å². The van der Waals surface area contributed by atoms with E-state index in [0.29, 0.717) is 17.5 Å². The largest absolute Gasteiger partial charge is 0.208 e. The predicted molar refractivity (Wildman–Crippen MR) is 240 cm³/mol. The van der Waals surface area contributed by atoms with Crippen molar-refractivity contribution >= 4 is 95.3 Å². The minimum absolute atomic E-state index is 0.654. The number of hydrogen-bond acceptors (Lipinski definition) is 5. The summed E-state index contributed by atoms with van der Waals surface area (Å²) in [4.78, 5) is 15.6. The van der Waals surface area contributed by atoms with Crippen LogP contribution in [-0.2, 0) is 0 Å². The van der Waals surface area contributed by atoms with Gasteiger partial charge in [0.2, 0.25) is 0 Å². The Balaban J connectivity index is 1.07. The van der Waals surface area contributed by atoms with Gasteiger partial charge in [-0.15, -0.1) is 22.7 Å². The second-order valence-electron chi connectivity index (χ2n) is 14.3. The summed E-state index contributed by atoms with van der Waals surface area (Å²) in [5, 5.41) is 12.3. The van der Waals surface area contributed by atoms with Crippen molar-refractivity contribution < 1.29 is 0 Å². The van der Waals surface area contributed by atoms with Crippen LogP contribution in [0.15, 0.2) is 176 Å². The van der Waals surface area contributed by atoms with E-state index in [1.54, 1.807) is 11.3 Å². The van der Waals surface area contributed by atoms with Crippen LogP contribution in [-0.4, -0.2) is 15.0 Å². The molecule has 56 heavy (non-hydrogen) atoms. The molecule has 0 amide bonds.